The Kier molecular flexibility index (Phi) is 7.05. The molecular weight excluding hydrogens is 475 g/mol. The number of halogens is 2. The summed E-state index contributed by atoms with van der Waals surface area (Å²) in [7, 11) is 3.14. The van der Waals surface area contributed by atoms with Gasteiger partial charge in [0.05, 0.1) is 41.3 Å². The van der Waals surface area contributed by atoms with Gasteiger partial charge in [0, 0.05) is 17.2 Å². The fraction of sp³-hybridized carbons (Fsp3) is 0.280. The molecule has 2 aromatic carbocycles. The van der Waals surface area contributed by atoms with Gasteiger partial charge in [-0.25, -0.2) is 0 Å². The summed E-state index contributed by atoms with van der Waals surface area (Å²) >= 11 is 13.3. The second kappa shape index (κ2) is 9.99. The van der Waals surface area contributed by atoms with Crippen LogP contribution in [0, 0.1) is 6.92 Å². The number of hydrogen-bond acceptors (Lipinski definition) is 5. The van der Waals surface area contributed by atoms with Crippen molar-refractivity contribution in [2.45, 2.75) is 32.1 Å². The van der Waals surface area contributed by atoms with Crippen molar-refractivity contribution in [2.75, 3.05) is 24.9 Å². The quantitative estimate of drug-likeness (QED) is 0.337. The van der Waals surface area contributed by atoms with E-state index in [0.29, 0.717) is 33.7 Å². The number of benzene rings is 2. The normalized spacial score (nSPS) is 14.8. The van der Waals surface area contributed by atoms with Crippen molar-refractivity contribution in [2.24, 2.45) is 0 Å². The van der Waals surface area contributed by atoms with E-state index in [9.17, 15) is 4.79 Å². The van der Waals surface area contributed by atoms with E-state index in [1.165, 1.54) is 6.08 Å². The summed E-state index contributed by atoms with van der Waals surface area (Å²) in [4.78, 5) is 11.9. The molecule has 9 heteroatoms. The first-order valence-corrected chi connectivity index (χ1v) is 11.6. The van der Waals surface area contributed by atoms with E-state index in [1.54, 1.807) is 20.3 Å². The van der Waals surface area contributed by atoms with Gasteiger partial charge in [-0.2, -0.15) is 5.10 Å². The number of anilines is 3. The van der Waals surface area contributed by atoms with Crippen LogP contribution in [0.2, 0.25) is 10.0 Å². The molecule has 7 nitrogen and oxygen atoms in total. The molecule has 0 fully saturated rings. The molecule has 3 aromatic rings. The van der Waals surface area contributed by atoms with E-state index in [2.05, 4.69) is 27.4 Å². The van der Waals surface area contributed by atoms with Crippen LogP contribution in [-0.4, -0.2) is 30.3 Å². The lowest BCUT2D eigenvalue weighted by Crippen LogP contribution is -2.15. The minimum atomic E-state index is -0.273. The Labute approximate surface area is 208 Å². The molecular formula is C25H26Cl2N4O3. The average Bonchev–Trinajstić information content (AvgIpc) is 3.23. The first-order chi connectivity index (χ1) is 16.4. The molecule has 1 aliphatic carbocycles. The molecule has 1 unspecified atom stereocenters. The van der Waals surface area contributed by atoms with Crippen molar-refractivity contribution in [1.29, 1.82) is 0 Å². The number of aryl methyl sites for hydroxylation is 1. The number of carbonyl (C=O) groups is 1. The van der Waals surface area contributed by atoms with Gasteiger partial charge in [-0.05, 0) is 49.8 Å². The highest BCUT2D eigenvalue weighted by Gasteiger charge is 2.30. The van der Waals surface area contributed by atoms with Crippen molar-refractivity contribution < 1.29 is 14.3 Å². The molecule has 4 rings (SSSR count). The zero-order valence-electron chi connectivity index (χ0n) is 19.2. The monoisotopic (exact) mass is 500 g/mol. The maximum Gasteiger partial charge on any atom is 0.247 e. The number of H-pyrrole nitrogens is 1. The van der Waals surface area contributed by atoms with Crippen LogP contribution in [0.25, 0.3) is 0 Å². The Morgan fingerprint density at radius 3 is 2.59 bits per heavy atom. The summed E-state index contributed by atoms with van der Waals surface area (Å²) in [5.41, 5.74) is 5.32. The fourth-order valence-electron chi connectivity index (χ4n) is 4.35. The van der Waals surface area contributed by atoms with E-state index in [-0.39, 0.29) is 11.8 Å². The first kappa shape index (κ1) is 24.0. The van der Waals surface area contributed by atoms with Gasteiger partial charge >= 0.3 is 0 Å². The Hall–Kier alpha value is -3.16. The number of aromatic amines is 1. The Bertz CT molecular complexity index is 1230. The minimum Gasteiger partial charge on any atom is -0.495 e. The molecule has 1 aromatic heterocycles. The van der Waals surface area contributed by atoms with Crippen molar-refractivity contribution >= 4 is 46.3 Å². The summed E-state index contributed by atoms with van der Waals surface area (Å²) in [6.45, 7) is 5.50. The molecule has 178 valence electrons. The molecule has 1 aliphatic rings. The van der Waals surface area contributed by atoms with Gasteiger partial charge in [0.2, 0.25) is 5.91 Å². The van der Waals surface area contributed by atoms with Gasteiger partial charge in [-0.3, -0.25) is 9.89 Å². The number of aromatic nitrogens is 2. The second-order valence-corrected chi connectivity index (χ2v) is 8.86. The largest absolute Gasteiger partial charge is 0.495 e. The molecule has 1 heterocycles. The van der Waals surface area contributed by atoms with Crippen LogP contribution in [-0.2, 0) is 17.6 Å². The van der Waals surface area contributed by atoms with Gasteiger partial charge in [0.15, 0.2) is 0 Å². The van der Waals surface area contributed by atoms with E-state index in [0.717, 1.165) is 46.7 Å². The number of nitrogens with one attached hydrogen (secondary N) is 3. The Morgan fingerprint density at radius 1 is 1.24 bits per heavy atom. The summed E-state index contributed by atoms with van der Waals surface area (Å²) in [5.74, 6) is 1.65. The number of fused-ring (bicyclic) bond motifs is 1. The molecule has 0 bridgehead atoms. The third-order valence-corrected chi connectivity index (χ3v) is 6.90. The summed E-state index contributed by atoms with van der Waals surface area (Å²) in [6.07, 6.45) is 3.50. The molecule has 1 atom stereocenters. The molecule has 0 saturated heterocycles. The van der Waals surface area contributed by atoms with Crippen LogP contribution in [0.15, 0.2) is 36.9 Å². The lowest BCUT2D eigenvalue weighted by atomic mass is 9.82. The number of ether oxygens (including phenoxy) is 2. The smallest absolute Gasteiger partial charge is 0.247 e. The van der Waals surface area contributed by atoms with Crippen LogP contribution in [0.3, 0.4) is 0 Å². The van der Waals surface area contributed by atoms with Gasteiger partial charge in [-0.15, -0.1) is 0 Å². The maximum absolute atomic E-state index is 11.9. The minimum absolute atomic E-state index is 0.0635. The third kappa shape index (κ3) is 4.45. The standard InChI is InChI=1S/C25H26Cl2N4O3/c1-5-20(32)28-16-8-6-7-13(2)24(16)29-25-15-10-9-14(11-17(15)30-31-25)21-22(26)18(33-3)12-19(34-4)23(21)27/h5-8,12,14H,1,9-11H2,2-4H3,(H,28,32)(H2,29,30,31). The van der Waals surface area contributed by atoms with Gasteiger partial charge in [0.1, 0.15) is 17.3 Å². The number of carbonyl (C=O) groups excluding carboxylic acids is 1. The van der Waals surface area contributed by atoms with Crippen molar-refractivity contribution in [3.8, 4) is 11.5 Å². The predicted molar refractivity (Wildman–Crippen MR) is 136 cm³/mol. The van der Waals surface area contributed by atoms with Crippen LogP contribution in [0.1, 0.15) is 34.7 Å². The molecule has 0 radical (unpaired) electrons. The van der Waals surface area contributed by atoms with E-state index >= 15 is 0 Å². The van der Waals surface area contributed by atoms with Gasteiger partial charge in [-0.1, -0.05) is 41.9 Å². The highest BCUT2D eigenvalue weighted by molar-refractivity contribution is 6.38. The third-order valence-electron chi connectivity index (χ3n) is 6.12. The average molecular weight is 501 g/mol. The number of rotatable bonds is 7. The van der Waals surface area contributed by atoms with E-state index in [4.69, 9.17) is 32.7 Å². The molecule has 1 amide bonds. The SMILES string of the molecule is C=CC(=O)Nc1cccc(C)c1Nc1[nH]nc2c1CCC(c1c(Cl)c(OC)cc(OC)c1Cl)C2. The lowest BCUT2D eigenvalue weighted by Gasteiger charge is -2.26. The molecule has 0 spiro atoms. The maximum atomic E-state index is 11.9. The van der Waals surface area contributed by atoms with Gasteiger partial charge < -0.3 is 20.1 Å². The Morgan fingerprint density at radius 2 is 1.94 bits per heavy atom. The predicted octanol–water partition coefficient (Wildman–Crippen LogP) is 6.18. The first-order valence-electron chi connectivity index (χ1n) is 10.8. The van der Waals surface area contributed by atoms with Crippen LogP contribution in [0.5, 0.6) is 11.5 Å². The lowest BCUT2D eigenvalue weighted by molar-refractivity contribution is -0.111. The highest BCUT2D eigenvalue weighted by Crippen LogP contribution is 2.47. The number of nitrogens with zero attached hydrogens (tertiary/aromatic N) is 1. The molecule has 3 N–H and O–H groups in total. The van der Waals surface area contributed by atoms with E-state index in [1.807, 2.05) is 25.1 Å². The Balaban J connectivity index is 1.63. The van der Waals surface area contributed by atoms with Crippen LogP contribution < -0.4 is 20.1 Å². The zero-order chi connectivity index (χ0) is 24.4. The number of methoxy groups -OCH3 is 2. The second-order valence-electron chi connectivity index (χ2n) is 8.10. The zero-order valence-corrected chi connectivity index (χ0v) is 20.7. The molecule has 0 aliphatic heterocycles. The topological polar surface area (TPSA) is 88.3 Å². The van der Waals surface area contributed by atoms with Crippen molar-refractivity contribution in [1.82, 2.24) is 10.2 Å². The number of para-hydroxylation sites is 1. The van der Waals surface area contributed by atoms with Crippen LogP contribution >= 0.6 is 23.2 Å². The highest BCUT2D eigenvalue weighted by atomic mass is 35.5. The molecule has 0 saturated carbocycles. The van der Waals surface area contributed by atoms with Gasteiger partial charge in [0.25, 0.3) is 0 Å². The van der Waals surface area contributed by atoms with Crippen molar-refractivity contribution in [3.05, 3.63) is 69.3 Å². The fourth-order valence-corrected chi connectivity index (χ4v) is 5.16. The summed E-state index contributed by atoms with van der Waals surface area (Å²) in [6, 6.07) is 7.41. The van der Waals surface area contributed by atoms with E-state index < -0.39 is 0 Å². The molecule has 34 heavy (non-hydrogen) atoms. The number of hydrogen-bond donors (Lipinski definition) is 3. The summed E-state index contributed by atoms with van der Waals surface area (Å²) in [5, 5.41) is 15.0. The van der Waals surface area contributed by atoms with Crippen LogP contribution in [0.4, 0.5) is 17.2 Å². The number of amides is 1. The van der Waals surface area contributed by atoms with Crippen molar-refractivity contribution in [3.63, 3.8) is 0 Å². The summed E-state index contributed by atoms with van der Waals surface area (Å²) < 4.78 is 10.9.